The minimum atomic E-state index is -0.524. The molecule has 1 heterocycles. The maximum atomic E-state index is 12.2. The monoisotopic (exact) mass is 275 g/mol. The third kappa shape index (κ3) is 4.88. The van der Waals surface area contributed by atoms with E-state index in [1.807, 2.05) is 40.7 Å². The van der Waals surface area contributed by atoms with E-state index in [1.165, 1.54) is 6.20 Å². The Kier molecular flexibility index (Phi) is 5.09. The number of rotatable bonds is 4. The van der Waals surface area contributed by atoms with Crippen molar-refractivity contribution in [1.29, 1.82) is 5.26 Å². The number of hydrogen-bond acceptors (Lipinski definition) is 5. The molecule has 0 unspecified atom stereocenters. The number of nitrogens with zero attached hydrogens (tertiary/aromatic N) is 2. The Morgan fingerprint density at radius 1 is 1.40 bits per heavy atom. The lowest BCUT2D eigenvalue weighted by Crippen LogP contribution is -2.40. The second kappa shape index (κ2) is 6.38. The van der Waals surface area contributed by atoms with Gasteiger partial charge >= 0.3 is 5.97 Å². The molecule has 1 aromatic heterocycles. The van der Waals surface area contributed by atoms with Gasteiger partial charge < -0.3 is 10.1 Å². The molecule has 1 atom stereocenters. The van der Waals surface area contributed by atoms with Gasteiger partial charge in [0.2, 0.25) is 0 Å². The molecule has 0 aliphatic carbocycles. The number of ether oxygens (including phenoxy) is 1. The largest absolute Gasteiger partial charge is 0.458 e. The maximum absolute atomic E-state index is 12.2. The van der Waals surface area contributed by atoms with Crippen LogP contribution in [-0.4, -0.2) is 22.6 Å². The van der Waals surface area contributed by atoms with Gasteiger partial charge in [-0.1, -0.05) is 13.8 Å². The van der Waals surface area contributed by atoms with Gasteiger partial charge in [-0.25, -0.2) is 9.78 Å². The van der Waals surface area contributed by atoms with Crippen molar-refractivity contribution in [2.45, 2.75) is 46.3 Å². The molecule has 5 nitrogen and oxygen atoms in total. The smallest absolute Gasteiger partial charge is 0.329 e. The zero-order valence-electron chi connectivity index (χ0n) is 12.6. The topological polar surface area (TPSA) is 75.0 Å². The summed E-state index contributed by atoms with van der Waals surface area (Å²) in [5, 5.41) is 11.8. The molecule has 0 aliphatic heterocycles. The predicted octanol–water partition coefficient (Wildman–Crippen LogP) is 2.73. The fraction of sp³-hybridized carbons (Fsp3) is 0.533. The lowest BCUT2D eigenvalue weighted by Gasteiger charge is -2.26. The minimum Gasteiger partial charge on any atom is -0.458 e. The lowest BCUT2D eigenvalue weighted by atomic mass is 10.0. The van der Waals surface area contributed by atoms with Crippen LogP contribution in [0.3, 0.4) is 0 Å². The van der Waals surface area contributed by atoms with Gasteiger partial charge in [0.25, 0.3) is 0 Å². The van der Waals surface area contributed by atoms with Gasteiger partial charge in [0.05, 0.1) is 5.56 Å². The molecule has 5 heteroatoms. The number of carbonyl (C=O) groups is 1. The van der Waals surface area contributed by atoms with Gasteiger partial charge in [0.15, 0.2) is 0 Å². The summed E-state index contributed by atoms with van der Waals surface area (Å²) < 4.78 is 5.40. The van der Waals surface area contributed by atoms with E-state index < -0.39 is 11.6 Å². The quantitative estimate of drug-likeness (QED) is 0.855. The van der Waals surface area contributed by atoms with Crippen LogP contribution in [0.25, 0.3) is 0 Å². The number of esters is 1. The fourth-order valence-corrected chi connectivity index (χ4v) is 1.57. The third-order valence-corrected chi connectivity index (χ3v) is 2.52. The van der Waals surface area contributed by atoms with E-state index in [0.717, 1.165) is 0 Å². The first-order valence-corrected chi connectivity index (χ1v) is 6.58. The summed E-state index contributed by atoms with van der Waals surface area (Å²) in [4.78, 5) is 16.3. The van der Waals surface area contributed by atoms with Gasteiger partial charge in [-0.2, -0.15) is 5.26 Å². The highest BCUT2D eigenvalue weighted by Gasteiger charge is 2.27. The number of nitrogens with one attached hydrogen (secondary N) is 1. The number of anilines is 1. The summed E-state index contributed by atoms with van der Waals surface area (Å²) in [7, 11) is 0. The molecule has 0 bridgehead atoms. The Morgan fingerprint density at radius 3 is 2.45 bits per heavy atom. The summed E-state index contributed by atoms with van der Waals surface area (Å²) in [6.07, 6.45) is 1.47. The van der Waals surface area contributed by atoms with Crippen LogP contribution in [0.1, 0.15) is 40.2 Å². The van der Waals surface area contributed by atoms with E-state index in [2.05, 4.69) is 10.3 Å². The predicted molar refractivity (Wildman–Crippen MR) is 77.0 cm³/mol. The molecule has 0 saturated heterocycles. The number of carbonyl (C=O) groups excluding carboxylic acids is 1. The van der Waals surface area contributed by atoms with Crippen LogP contribution in [0.2, 0.25) is 0 Å². The molecule has 0 aliphatic rings. The number of pyridine rings is 1. The molecule has 1 N–H and O–H groups in total. The molecule has 0 spiro atoms. The van der Waals surface area contributed by atoms with Crippen molar-refractivity contribution in [3.05, 3.63) is 23.9 Å². The van der Waals surface area contributed by atoms with E-state index in [1.54, 1.807) is 12.1 Å². The molecule has 108 valence electrons. The molecule has 20 heavy (non-hydrogen) atoms. The van der Waals surface area contributed by atoms with E-state index in [9.17, 15) is 4.79 Å². The molecule has 0 radical (unpaired) electrons. The second-order valence-electron chi connectivity index (χ2n) is 5.94. The van der Waals surface area contributed by atoms with E-state index in [-0.39, 0.29) is 11.9 Å². The number of aromatic nitrogens is 1. The van der Waals surface area contributed by atoms with Crippen LogP contribution in [0.15, 0.2) is 18.3 Å². The molecular formula is C15H21N3O2. The Morgan fingerprint density at radius 2 is 2.05 bits per heavy atom. The zero-order valence-corrected chi connectivity index (χ0v) is 12.6. The molecule has 0 amide bonds. The highest BCUT2D eigenvalue weighted by molar-refractivity contribution is 5.79. The third-order valence-electron chi connectivity index (χ3n) is 2.52. The first-order valence-electron chi connectivity index (χ1n) is 6.58. The van der Waals surface area contributed by atoms with Gasteiger partial charge in [0.1, 0.15) is 23.5 Å². The first kappa shape index (κ1) is 16.0. The van der Waals surface area contributed by atoms with Crippen LogP contribution in [0.5, 0.6) is 0 Å². The van der Waals surface area contributed by atoms with Crippen LogP contribution in [0.4, 0.5) is 5.82 Å². The summed E-state index contributed by atoms with van der Waals surface area (Å²) >= 11 is 0. The second-order valence-corrected chi connectivity index (χ2v) is 5.94. The highest BCUT2D eigenvalue weighted by atomic mass is 16.6. The molecule has 0 aromatic carbocycles. The van der Waals surface area contributed by atoms with Crippen molar-refractivity contribution in [2.24, 2.45) is 5.92 Å². The summed E-state index contributed by atoms with van der Waals surface area (Å²) in [5.41, 5.74) is -0.0433. The average Bonchev–Trinajstić information content (AvgIpc) is 2.34. The normalized spacial score (nSPS) is 12.7. The Hall–Kier alpha value is -2.09. The maximum Gasteiger partial charge on any atom is 0.329 e. The highest BCUT2D eigenvalue weighted by Crippen LogP contribution is 2.16. The average molecular weight is 275 g/mol. The SMILES string of the molecule is CC(C)[C@@H](Nc1ccc(C#N)cn1)C(=O)OC(C)(C)C. The van der Waals surface area contributed by atoms with Crippen molar-refractivity contribution in [3.8, 4) is 6.07 Å². The van der Waals surface area contributed by atoms with E-state index >= 15 is 0 Å². The summed E-state index contributed by atoms with van der Waals surface area (Å²) in [6, 6.07) is 4.86. The summed E-state index contributed by atoms with van der Waals surface area (Å²) in [6.45, 7) is 9.38. The fourth-order valence-electron chi connectivity index (χ4n) is 1.57. The van der Waals surface area contributed by atoms with Gasteiger partial charge in [-0.05, 0) is 38.8 Å². The minimum absolute atomic E-state index is 0.0577. The van der Waals surface area contributed by atoms with E-state index in [4.69, 9.17) is 10.00 Å². The molecule has 0 fully saturated rings. The Bertz CT molecular complexity index is 495. The van der Waals surface area contributed by atoms with Crippen LogP contribution < -0.4 is 5.32 Å². The van der Waals surface area contributed by atoms with Gasteiger partial charge in [0, 0.05) is 6.20 Å². The van der Waals surface area contributed by atoms with E-state index in [0.29, 0.717) is 11.4 Å². The van der Waals surface area contributed by atoms with Crippen LogP contribution in [-0.2, 0) is 9.53 Å². The van der Waals surface area contributed by atoms with Crippen molar-refractivity contribution < 1.29 is 9.53 Å². The number of hydrogen-bond donors (Lipinski definition) is 1. The standard InChI is InChI=1S/C15H21N3O2/c1-10(2)13(14(19)20-15(3,4)5)18-12-7-6-11(8-16)9-17-12/h6-7,9-10,13H,1-5H3,(H,17,18)/t13-/m1/s1. The Balaban J connectivity index is 2.81. The van der Waals surface area contributed by atoms with Crippen molar-refractivity contribution in [3.63, 3.8) is 0 Å². The molecule has 0 saturated carbocycles. The van der Waals surface area contributed by atoms with Gasteiger partial charge in [-0.15, -0.1) is 0 Å². The molecule has 1 rings (SSSR count). The number of nitriles is 1. The Labute approximate surface area is 120 Å². The summed E-state index contributed by atoms with van der Waals surface area (Å²) in [5.74, 6) is 0.300. The molecule has 1 aromatic rings. The lowest BCUT2D eigenvalue weighted by molar-refractivity contribution is -0.156. The molecular weight excluding hydrogens is 254 g/mol. The zero-order chi connectivity index (χ0) is 15.3. The van der Waals surface area contributed by atoms with Crippen molar-refractivity contribution in [1.82, 2.24) is 4.98 Å². The van der Waals surface area contributed by atoms with Gasteiger partial charge in [-0.3, -0.25) is 0 Å². The van der Waals surface area contributed by atoms with Crippen molar-refractivity contribution in [2.75, 3.05) is 5.32 Å². The van der Waals surface area contributed by atoms with Crippen molar-refractivity contribution >= 4 is 11.8 Å². The first-order chi connectivity index (χ1) is 9.23. The van der Waals surface area contributed by atoms with Crippen LogP contribution in [0, 0.1) is 17.2 Å². The van der Waals surface area contributed by atoms with Crippen LogP contribution >= 0.6 is 0 Å².